The lowest BCUT2D eigenvalue weighted by Gasteiger charge is -2.28. The summed E-state index contributed by atoms with van der Waals surface area (Å²) >= 11 is 0. The molecule has 0 saturated carbocycles. The van der Waals surface area contributed by atoms with Gasteiger partial charge in [-0.2, -0.15) is 0 Å². The van der Waals surface area contributed by atoms with Crippen molar-refractivity contribution in [3.8, 4) is 0 Å². The smallest absolute Gasteiger partial charge is 0.322 e. The van der Waals surface area contributed by atoms with Gasteiger partial charge in [-0.3, -0.25) is 4.79 Å². The Morgan fingerprint density at radius 3 is 2.61 bits per heavy atom. The van der Waals surface area contributed by atoms with Crippen molar-refractivity contribution in [3.63, 3.8) is 0 Å². The predicted octanol–water partition coefficient (Wildman–Crippen LogP) is 0.782. The standard InChI is InChI=1S/C12H18N4O2/c1-16-4-2-9(3-5-16)10-6-13-12(14-7-10)15-8-11(17)18/h6-7,9H,2-5,8H2,1H3,(H,17,18)(H,13,14,15). The Morgan fingerprint density at radius 1 is 1.44 bits per heavy atom. The number of nitrogens with zero attached hydrogens (tertiary/aromatic N) is 3. The van der Waals surface area contributed by atoms with Gasteiger partial charge < -0.3 is 15.3 Å². The Hall–Kier alpha value is -1.69. The van der Waals surface area contributed by atoms with Crippen LogP contribution in [0.4, 0.5) is 5.95 Å². The second-order valence-corrected chi connectivity index (χ2v) is 4.66. The minimum atomic E-state index is -0.919. The molecule has 1 fully saturated rings. The van der Waals surface area contributed by atoms with Crippen molar-refractivity contribution in [2.75, 3.05) is 32.0 Å². The van der Waals surface area contributed by atoms with Crippen LogP contribution in [0, 0.1) is 0 Å². The Kier molecular flexibility index (Phi) is 4.09. The second kappa shape index (κ2) is 5.77. The molecule has 1 saturated heterocycles. The highest BCUT2D eigenvalue weighted by atomic mass is 16.4. The highest BCUT2D eigenvalue weighted by molar-refractivity contribution is 5.71. The lowest BCUT2D eigenvalue weighted by atomic mass is 9.92. The van der Waals surface area contributed by atoms with Crippen molar-refractivity contribution < 1.29 is 9.90 Å². The van der Waals surface area contributed by atoms with Crippen LogP contribution in [0.5, 0.6) is 0 Å². The topological polar surface area (TPSA) is 78.4 Å². The Labute approximate surface area is 106 Å². The fourth-order valence-electron chi connectivity index (χ4n) is 2.14. The second-order valence-electron chi connectivity index (χ2n) is 4.66. The van der Waals surface area contributed by atoms with Crippen molar-refractivity contribution >= 4 is 11.9 Å². The molecule has 6 nitrogen and oxygen atoms in total. The van der Waals surface area contributed by atoms with E-state index >= 15 is 0 Å². The largest absolute Gasteiger partial charge is 0.480 e. The van der Waals surface area contributed by atoms with Crippen LogP contribution in [0.25, 0.3) is 0 Å². The highest BCUT2D eigenvalue weighted by Crippen LogP contribution is 2.26. The van der Waals surface area contributed by atoms with E-state index in [4.69, 9.17) is 5.11 Å². The maximum Gasteiger partial charge on any atom is 0.322 e. The SMILES string of the molecule is CN1CCC(c2cnc(NCC(=O)O)nc2)CC1. The molecule has 0 bridgehead atoms. The third kappa shape index (κ3) is 3.40. The number of hydrogen-bond acceptors (Lipinski definition) is 5. The molecule has 0 aliphatic carbocycles. The van der Waals surface area contributed by atoms with Gasteiger partial charge in [0.15, 0.2) is 0 Å². The zero-order valence-corrected chi connectivity index (χ0v) is 10.5. The molecule has 0 radical (unpaired) electrons. The molecule has 0 spiro atoms. The number of carboxylic acids is 1. The summed E-state index contributed by atoms with van der Waals surface area (Å²) in [5.74, 6) is -0.0261. The molecule has 98 valence electrons. The molecule has 0 amide bonds. The molecule has 0 aromatic carbocycles. The molecule has 6 heteroatoms. The van der Waals surface area contributed by atoms with E-state index in [9.17, 15) is 4.79 Å². The zero-order valence-electron chi connectivity index (χ0n) is 10.5. The van der Waals surface area contributed by atoms with Gasteiger partial charge in [0, 0.05) is 12.4 Å². The molecule has 18 heavy (non-hydrogen) atoms. The molecule has 2 rings (SSSR count). The van der Waals surface area contributed by atoms with E-state index in [1.165, 1.54) is 0 Å². The van der Waals surface area contributed by atoms with Gasteiger partial charge in [0.1, 0.15) is 6.54 Å². The van der Waals surface area contributed by atoms with E-state index in [1.54, 1.807) is 12.4 Å². The summed E-state index contributed by atoms with van der Waals surface area (Å²) in [4.78, 5) is 21.0. The summed E-state index contributed by atoms with van der Waals surface area (Å²) in [7, 11) is 2.13. The predicted molar refractivity (Wildman–Crippen MR) is 67.6 cm³/mol. The van der Waals surface area contributed by atoms with Crippen LogP contribution in [0.2, 0.25) is 0 Å². The zero-order chi connectivity index (χ0) is 13.0. The van der Waals surface area contributed by atoms with E-state index in [1.807, 2.05) is 0 Å². The minimum absolute atomic E-state index is 0.159. The average molecular weight is 250 g/mol. The molecular formula is C12H18N4O2. The van der Waals surface area contributed by atoms with Crippen molar-refractivity contribution in [3.05, 3.63) is 18.0 Å². The lowest BCUT2D eigenvalue weighted by molar-refractivity contribution is -0.134. The summed E-state index contributed by atoms with van der Waals surface area (Å²) in [5, 5.41) is 11.2. The molecule has 1 aromatic rings. The summed E-state index contributed by atoms with van der Waals surface area (Å²) in [5.41, 5.74) is 1.14. The van der Waals surface area contributed by atoms with E-state index in [0.717, 1.165) is 31.5 Å². The van der Waals surface area contributed by atoms with Crippen LogP contribution < -0.4 is 5.32 Å². The molecule has 1 aliphatic rings. The van der Waals surface area contributed by atoms with Crippen LogP contribution in [0.15, 0.2) is 12.4 Å². The first-order valence-electron chi connectivity index (χ1n) is 6.11. The van der Waals surface area contributed by atoms with E-state index in [2.05, 4.69) is 27.2 Å². The number of carboxylic acid groups (broad SMARTS) is 1. The average Bonchev–Trinajstić information content (AvgIpc) is 2.38. The lowest BCUT2D eigenvalue weighted by Crippen LogP contribution is -2.29. The van der Waals surface area contributed by atoms with Crippen molar-refractivity contribution in [2.24, 2.45) is 0 Å². The van der Waals surface area contributed by atoms with Gasteiger partial charge >= 0.3 is 5.97 Å². The van der Waals surface area contributed by atoms with E-state index in [0.29, 0.717) is 11.9 Å². The van der Waals surface area contributed by atoms with Crippen LogP contribution in [-0.2, 0) is 4.79 Å². The molecule has 0 atom stereocenters. The molecular weight excluding hydrogens is 232 g/mol. The van der Waals surface area contributed by atoms with Crippen molar-refractivity contribution in [1.82, 2.24) is 14.9 Å². The number of aromatic nitrogens is 2. The first-order chi connectivity index (χ1) is 8.65. The number of nitrogens with one attached hydrogen (secondary N) is 1. The molecule has 0 unspecified atom stereocenters. The number of likely N-dealkylation sites (tertiary alicyclic amines) is 1. The van der Waals surface area contributed by atoms with Gasteiger partial charge in [-0.05, 0) is 44.5 Å². The van der Waals surface area contributed by atoms with Crippen LogP contribution in [0.3, 0.4) is 0 Å². The van der Waals surface area contributed by atoms with Gasteiger partial charge in [-0.25, -0.2) is 9.97 Å². The maximum atomic E-state index is 10.4. The van der Waals surface area contributed by atoms with Gasteiger partial charge in [-0.1, -0.05) is 0 Å². The third-order valence-electron chi connectivity index (χ3n) is 3.26. The summed E-state index contributed by atoms with van der Waals surface area (Å²) in [6.45, 7) is 2.04. The summed E-state index contributed by atoms with van der Waals surface area (Å²) in [6.07, 6.45) is 5.85. The van der Waals surface area contributed by atoms with E-state index in [-0.39, 0.29) is 6.54 Å². The third-order valence-corrected chi connectivity index (χ3v) is 3.26. The van der Waals surface area contributed by atoms with Crippen LogP contribution >= 0.6 is 0 Å². The molecule has 1 aromatic heterocycles. The first-order valence-corrected chi connectivity index (χ1v) is 6.11. The number of anilines is 1. The molecule has 1 aliphatic heterocycles. The van der Waals surface area contributed by atoms with Gasteiger partial charge in [0.05, 0.1) is 0 Å². The fourth-order valence-corrected chi connectivity index (χ4v) is 2.14. The first kappa shape index (κ1) is 12.8. The summed E-state index contributed by atoms with van der Waals surface area (Å²) < 4.78 is 0. The maximum absolute atomic E-state index is 10.4. The van der Waals surface area contributed by atoms with Gasteiger partial charge in [0.25, 0.3) is 0 Å². The van der Waals surface area contributed by atoms with Gasteiger partial charge in [-0.15, -0.1) is 0 Å². The normalized spacial score (nSPS) is 17.6. The number of carbonyl (C=O) groups is 1. The highest BCUT2D eigenvalue weighted by Gasteiger charge is 2.18. The van der Waals surface area contributed by atoms with Crippen molar-refractivity contribution in [1.29, 1.82) is 0 Å². The van der Waals surface area contributed by atoms with Crippen molar-refractivity contribution in [2.45, 2.75) is 18.8 Å². The Morgan fingerprint density at radius 2 is 2.06 bits per heavy atom. The molecule has 2 heterocycles. The monoisotopic (exact) mass is 250 g/mol. The van der Waals surface area contributed by atoms with Gasteiger partial charge in [0.2, 0.25) is 5.95 Å². The number of aliphatic carboxylic acids is 1. The van der Waals surface area contributed by atoms with Crippen LogP contribution in [0.1, 0.15) is 24.3 Å². The van der Waals surface area contributed by atoms with Crippen LogP contribution in [-0.4, -0.2) is 52.6 Å². The number of rotatable bonds is 4. The molecule has 2 N–H and O–H groups in total. The summed E-state index contributed by atoms with van der Waals surface area (Å²) in [6, 6.07) is 0. The quantitative estimate of drug-likeness (QED) is 0.822. The number of hydrogen-bond donors (Lipinski definition) is 2. The minimum Gasteiger partial charge on any atom is -0.480 e. The number of piperidine rings is 1. The Bertz CT molecular complexity index is 399. The Balaban J connectivity index is 1.93. The van der Waals surface area contributed by atoms with E-state index < -0.39 is 5.97 Å². The fraction of sp³-hybridized carbons (Fsp3) is 0.583.